The number of likely N-dealkylation sites (tertiary alicyclic amines) is 1. The quantitative estimate of drug-likeness (QED) is 0.848. The topological polar surface area (TPSA) is 95.9 Å². The maximum atomic E-state index is 12.6. The molecule has 2 amide bonds. The van der Waals surface area contributed by atoms with Crippen molar-refractivity contribution in [3.63, 3.8) is 0 Å². The summed E-state index contributed by atoms with van der Waals surface area (Å²) in [7, 11) is 1.95. The number of nitrogens with one attached hydrogen (secondary N) is 2. The van der Waals surface area contributed by atoms with E-state index in [-0.39, 0.29) is 23.8 Å². The van der Waals surface area contributed by atoms with Crippen molar-refractivity contribution in [1.29, 1.82) is 0 Å². The minimum Gasteiger partial charge on any atom is -0.352 e. The number of aromatic nitrogens is 4. The zero-order chi connectivity index (χ0) is 17.4. The van der Waals surface area contributed by atoms with E-state index in [4.69, 9.17) is 0 Å². The van der Waals surface area contributed by atoms with Gasteiger partial charge in [0, 0.05) is 50.6 Å². The highest BCUT2D eigenvalue weighted by Gasteiger charge is 2.45. The first-order valence-corrected chi connectivity index (χ1v) is 8.70. The standard InChI is InChI=1S/C17H22N6O2/c1-22-7-6-18-16(22)15-11(2-5-14(24)23(15)13-3-4-13)8-19-17(25)12-9-20-21-10-12/h6-7,9-11,13,15H,2-5,8H2,1H3,(H,19,25)(H,20,21)/t11-,15+/m1/s1. The van der Waals surface area contributed by atoms with Crippen molar-refractivity contribution in [2.45, 2.75) is 37.8 Å². The average Bonchev–Trinajstić information content (AvgIpc) is 3.11. The molecule has 1 saturated heterocycles. The number of carbonyl (C=O) groups excluding carboxylic acids is 2. The Morgan fingerprint density at radius 2 is 2.24 bits per heavy atom. The summed E-state index contributed by atoms with van der Waals surface area (Å²) in [5, 5.41) is 9.44. The maximum absolute atomic E-state index is 12.6. The van der Waals surface area contributed by atoms with Crippen molar-refractivity contribution in [3.05, 3.63) is 36.2 Å². The molecule has 1 saturated carbocycles. The molecule has 4 rings (SSSR count). The fourth-order valence-corrected chi connectivity index (χ4v) is 3.67. The third-order valence-electron chi connectivity index (χ3n) is 5.11. The number of piperidine rings is 1. The average molecular weight is 342 g/mol. The van der Waals surface area contributed by atoms with E-state index >= 15 is 0 Å². The van der Waals surface area contributed by atoms with Crippen molar-refractivity contribution in [1.82, 2.24) is 30.0 Å². The first-order chi connectivity index (χ1) is 12.1. The van der Waals surface area contributed by atoms with E-state index in [1.165, 1.54) is 6.20 Å². The molecule has 0 bridgehead atoms. The number of hydrogen-bond acceptors (Lipinski definition) is 4. The molecule has 132 valence electrons. The van der Waals surface area contributed by atoms with Gasteiger partial charge in [-0.3, -0.25) is 14.7 Å². The number of carbonyl (C=O) groups is 2. The van der Waals surface area contributed by atoms with Crippen LogP contribution in [-0.2, 0) is 11.8 Å². The Morgan fingerprint density at radius 3 is 2.88 bits per heavy atom. The number of aryl methyl sites for hydroxylation is 1. The molecule has 2 atom stereocenters. The molecule has 2 fully saturated rings. The van der Waals surface area contributed by atoms with Gasteiger partial charge in [0.1, 0.15) is 5.82 Å². The summed E-state index contributed by atoms with van der Waals surface area (Å²) in [6.07, 6.45) is 10.1. The second-order valence-electron chi connectivity index (χ2n) is 6.87. The number of H-pyrrole nitrogens is 1. The molecule has 2 N–H and O–H groups in total. The molecule has 3 heterocycles. The van der Waals surface area contributed by atoms with Crippen LogP contribution in [0.25, 0.3) is 0 Å². The summed E-state index contributed by atoms with van der Waals surface area (Å²) < 4.78 is 1.98. The number of nitrogens with zero attached hydrogens (tertiary/aromatic N) is 4. The highest BCUT2D eigenvalue weighted by Crippen LogP contribution is 2.42. The second kappa shape index (κ2) is 6.34. The Labute approximate surface area is 145 Å². The molecule has 2 aromatic rings. The van der Waals surface area contributed by atoms with Crippen molar-refractivity contribution in [2.75, 3.05) is 6.54 Å². The van der Waals surface area contributed by atoms with E-state index in [1.807, 2.05) is 22.7 Å². The van der Waals surface area contributed by atoms with Crippen LogP contribution in [0.2, 0.25) is 0 Å². The number of aromatic amines is 1. The molecule has 0 spiro atoms. The number of amides is 2. The van der Waals surface area contributed by atoms with Crippen LogP contribution < -0.4 is 5.32 Å². The highest BCUT2D eigenvalue weighted by atomic mass is 16.2. The van der Waals surface area contributed by atoms with Crippen LogP contribution in [0.5, 0.6) is 0 Å². The third-order valence-corrected chi connectivity index (χ3v) is 5.11. The lowest BCUT2D eigenvalue weighted by molar-refractivity contribution is -0.140. The predicted molar refractivity (Wildman–Crippen MR) is 89.5 cm³/mol. The normalized spacial score (nSPS) is 23.7. The second-order valence-corrected chi connectivity index (χ2v) is 6.87. The highest BCUT2D eigenvalue weighted by molar-refractivity contribution is 5.93. The fraction of sp³-hybridized carbons (Fsp3) is 0.529. The Kier molecular flexibility index (Phi) is 4.03. The van der Waals surface area contributed by atoms with E-state index in [1.54, 1.807) is 12.4 Å². The molecule has 0 unspecified atom stereocenters. The molecule has 1 aliphatic heterocycles. The molecule has 0 radical (unpaired) electrons. The van der Waals surface area contributed by atoms with Crippen molar-refractivity contribution >= 4 is 11.8 Å². The summed E-state index contributed by atoms with van der Waals surface area (Å²) in [4.78, 5) is 31.3. The van der Waals surface area contributed by atoms with Gasteiger partial charge in [-0.2, -0.15) is 5.10 Å². The summed E-state index contributed by atoms with van der Waals surface area (Å²) >= 11 is 0. The largest absolute Gasteiger partial charge is 0.352 e. The van der Waals surface area contributed by atoms with Crippen molar-refractivity contribution in [3.8, 4) is 0 Å². The van der Waals surface area contributed by atoms with Crippen LogP contribution in [0.15, 0.2) is 24.8 Å². The molecule has 2 aliphatic rings. The van der Waals surface area contributed by atoms with Crippen LogP contribution in [0, 0.1) is 5.92 Å². The van der Waals surface area contributed by atoms with Gasteiger partial charge in [0.25, 0.3) is 5.91 Å². The fourth-order valence-electron chi connectivity index (χ4n) is 3.67. The third kappa shape index (κ3) is 3.04. The number of rotatable bonds is 5. The lowest BCUT2D eigenvalue weighted by atomic mass is 9.87. The van der Waals surface area contributed by atoms with Crippen molar-refractivity contribution in [2.24, 2.45) is 13.0 Å². The van der Waals surface area contributed by atoms with Crippen LogP contribution in [0.1, 0.15) is 47.9 Å². The Bertz CT molecular complexity index is 764. The monoisotopic (exact) mass is 342 g/mol. The first kappa shape index (κ1) is 15.9. The van der Waals surface area contributed by atoms with E-state index in [0.29, 0.717) is 24.6 Å². The molecule has 8 nitrogen and oxygen atoms in total. The summed E-state index contributed by atoms with van der Waals surface area (Å²) in [5.41, 5.74) is 0.513. The van der Waals surface area contributed by atoms with Gasteiger partial charge < -0.3 is 14.8 Å². The summed E-state index contributed by atoms with van der Waals surface area (Å²) in [6.45, 7) is 0.512. The molecular weight excluding hydrogens is 320 g/mol. The van der Waals surface area contributed by atoms with Gasteiger partial charge in [-0.15, -0.1) is 0 Å². The zero-order valence-corrected chi connectivity index (χ0v) is 14.2. The number of hydrogen-bond donors (Lipinski definition) is 2. The summed E-state index contributed by atoms with van der Waals surface area (Å²) in [5.74, 6) is 1.09. The SMILES string of the molecule is Cn1ccnc1[C@@H]1[C@@H](CNC(=O)c2cn[nH]c2)CCC(=O)N1C1CC1. The Hall–Kier alpha value is -2.64. The van der Waals surface area contributed by atoms with Crippen LogP contribution >= 0.6 is 0 Å². The summed E-state index contributed by atoms with van der Waals surface area (Å²) in [6, 6.07) is 0.236. The lowest BCUT2D eigenvalue weighted by Gasteiger charge is -2.41. The molecule has 0 aromatic carbocycles. The van der Waals surface area contributed by atoms with E-state index in [0.717, 1.165) is 25.1 Å². The zero-order valence-electron chi connectivity index (χ0n) is 14.2. The number of imidazole rings is 1. The van der Waals surface area contributed by atoms with E-state index < -0.39 is 0 Å². The van der Waals surface area contributed by atoms with Gasteiger partial charge in [-0.1, -0.05) is 0 Å². The van der Waals surface area contributed by atoms with Crippen LogP contribution in [-0.4, -0.2) is 49.0 Å². The Morgan fingerprint density at radius 1 is 1.40 bits per heavy atom. The van der Waals surface area contributed by atoms with Crippen LogP contribution in [0.3, 0.4) is 0 Å². The molecule has 2 aromatic heterocycles. The van der Waals surface area contributed by atoms with Gasteiger partial charge in [0.15, 0.2) is 0 Å². The van der Waals surface area contributed by atoms with Crippen molar-refractivity contribution < 1.29 is 9.59 Å². The van der Waals surface area contributed by atoms with E-state index in [9.17, 15) is 9.59 Å². The van der Waals surface area contributed by atoms with Gasteiger partial charge in [0.05, 0.1) is 17.8 Å². The minimum atomic E-state index is -0.151. The first-order valence-electron chi connectivity index (χ1n) is 8.70. The smallest absolute Gasteiger partial charge is 0.254 e. The van der Waals surface area contributed by atoms with E-state index in [2.05, 4.69) is 20.5 Å². The minimum absolute atomic E-state index is 0.0848. The molecule has 8 heteroatoms. The van der Waals surface area contributed by atoms with Crippen LogP contribution in [0.4, 0.5) is 0 Å². The Balaban J connectivity index is 1.55. The molecule has 25 heavy (non-hydrogen) atoms. The van der Waals surface area contributed by atoms with Gasteiger partial charge in [-0.05, 0) is 19.3 Å². The van der Waals surface area contributed by atoms with Gasteiger partial charge in [0.2, 0.25) is 5.91 Å². The predicted octanol–water partition coefficient (Wildman–Crippen LogP) is 1.02. The maximum Gasteiger partial charge on any atom is 0.254 e. The van der Waals surface area contributed by atoms with Gasteiger partial charge in [-0.25, -0.2) is 4.98 Å². The molecule has 1 aliphatic carbocycles. The lowest BCUT2D eigenvalue weighted by Crippen LogP contribution is -2.48. The molecular formula is C17H22N6O2. The van der Waals surface area contributed by atoms with Gasteiger partial charge >= 0.3 is 0 Å².